The molecule has 0 aliphatic heterocycles. The van der Waals surface area contributed by atoms with E-state index >= 15 is 0 Å². The predicted molar refractivity (Wildman–Crippen MR) is 111 cm³/mol. The Hall–Kier alpha value is -3.25. The first kappa shape index (κ1) is 18.1. The molecule has 5 nitrogen and oxygen atoms in total. The average Bonchev–Trinajstić information content (AvgIpc) is 3.21. The lowest BCUT2D eigenvalue weighted by atomic mass is 10.1. The van der Waals surface area contributed by atoms with Gasteiger partial charge >= 0.3 is 0 Å². The third kappa shape index (κ3) is 4.02. The molecule has 0 aliphatic carbocycles. The Balaban J connectivity index is 1.59. The summed E-state index contributed by atoms with van der Waals surface area (Å²) < 4.78 is 1.39. The zero-order valence-electron chi connectivity index (χ0n) is 15.2. The van der Waals surface area contributed by atoms with Crippen molar-refractivity contribution in [3.05, 3.63) is 99.9 Å². The SMILES string of the molecule is O=C(Cn1cnc2sccc2c1=O)N(Cc1ccccc1)Cc1ccccc1. The van der Waals surface area contributed by atoms with Crippen molar-refractivity contribution in [2.75, 3.05) is 0 Å². The highest BCUT2D eigenvalue weighted by atomic mass is 32.1. The number of carbonyl (C=O) groups excluding carboxylic acids is 1. The number of nitrogens with zero attached hydrogens (tertiary/aromatic N) is 3. The van der Waals surface area contributed by atoms with Gasteiger partial charge in [-0.3, -0.25) is 14.2 Å². The van der Waals surface area contributed by atoms with E-state index in [9.17, 15) is 9.59 Å². The largest absolute Gasteiger partial charge is 0.332 e. The maximum atomic E-state index is 13.1. The predicted octanol–water partition coefficient (Wildman–Crippen LogP) is 3.69. The first-order chi connectivity index (χ1) is 13.7. The summed E-state index contributed by atoms with van der Waals surface area (Å²) in [6, 6.07) is 21.5. The van der Waals surface area contributed by atoms with E-state index in [1.54, 1.807) is 11.0 Å². The molecule has 0 aliphatic rings. The van der Waals surface area contributed by atoms with Gasteiger partial charge in [0.1, 0.15) is 11.4 Å². The number of rotatable bonds is 6. The van der Waals surface area contributed by atoms with Gasteiger partial charge in [-0.25, -0.2) is 4.98 Å². The summed E-state index contributed by atoms with van der Waals surface area (Å²) in [7, 11) is 0. The highest BCUT2D eigenvalue weighted by Crippen LogP contribution is 2.14. The lowest BCUT2D eigenvalue weighted by Gasteiger charge is -2.23. The normalized spacial score (nSPS) is 10.9. The molecule has 0 fully saturated rings. The van der Waals surface area contributed by atoms with Gasteiger partial charge in [-0.15, -0.1) is 11.3 Å². The van der Waals surface area contributed by atoms with Crippen molar-refractivity contribution < 1.29 is 4.79 Å². The number of benzene rings is 2. The Morgan fingerprint density at radius 2 is 1.54 bits per heavy atom. The third-order valence-electron chi connectivity index (χ3n) is 4.54. The van der Waals surface area contributed by atoms with Gasteiger partial charge in [0.15, 0.2) is 0 Å². The van der Waals surface area contributed by atoms with E-state index in [0.29, 0.717) is 23.3 Å². The summed E-state index contributed by atoms with van der Waals surface area (Å²) in [6.45, 7) is 0.937. The van der Waals surface area contributed by atoms with E-state index in [4.69, 9.17) is 0 Å². The molecule has 0 unspecified atom stereocenters. The molecule has 28 heavy (non-hydrogen) atoms. The molecule has 0 bridgehead atoms. The molecule has 0 atom stereocenters. The zero-order chi connectivity index (χ0) is 19.3. The van der Waals surface area contributed by atoms with E-state index in [2.05, 4.69) is 4.98 Å². The summed E-state index contributed by atoms with van der Waals surface area (Å²) in [5, 5.41) is 2.39. The molecule has 2 heterocycles. The van der Waals surface area contributed by atoms with Crippen molar-refractivity contribution >= 4 is 27.5 Å². The van der Waals surface area contributed by atoms with Crippen molar-refractivity contribution in [1.29, 1.82) is 0 Å². The smallest absolute Gasteiger partial charge is 0.262 e. The molecule has 0 saturated carbocycles. The van der Waals surface area contributed by atoms with Gasteiger partial charge in [-0.05, 0) is 22.6 Å². The molecule has 0 N–H and O–H groups in total. The zero-order valence-corrected chi connectivity index (χ0v) is 16.0. The minimum atomic E-state index is -0.182. The lowest BCUT2D eigenvalue weighted by Crippen LogP contribution is -2.35. The van der Waals surface area contributed by atoms with Crippen molar-refractivity contribution in [1.82, 2.24) is 14.5 Å². The summed E-state index contributed by atoms with van der Waals surface area (Å²) >= 11 is 1.42. The number of amides is 1. The van der Waals surface area contributed by atoms with Crippen LogP contribution in [0.25, 0.3) is 10.2 Å². The van der Waals surface area contributed by atoms with Crippen LogP contribution in [0.3, 0.4) is 0 Å². The molecule has 140 valence electrons. The molecule has 4 aromatic rings. The Morgan fingerprint density at radius 3 is 2.14 bits per heavy atom. The highest BCUT2D eigenvalue weighted by molar-refractivity contribution is 7.16. The second-order valence-corrected chi connectivity index (χ2v) is 7.43. The van der Waals surface area contributed by atoms with Crippen LogP contribution >= 0.6 is 11.3 Å². The van der Waals surface area contributed by atoms with Crippen LogP contribution in [0, 0.1) is 0 Å². The molecule has 1 amide bonds. The summed E-state index contributed by atoms with van der Waals surface area (Å²) in [6.07, 6.45) is 1.46. The fourth-order valence-corrected chi connectivity index (χ4v) is 3.81. The second-order valence-electron chi connectivity index (χ2n) is 6.54. The van der Waals surface area contributed by atoms with Crippen LogP contribution in [-0.2, 0) is 24.4 Å². The Labute approximate surface area is 166 Å². The number of carbonyl (C=O) groups is 1. The van der Waals surface area contributed by atoms with E-state index in [1.807, 2.05) is 66.0 Å². The number of hydrogen-bond acceptors (Lipinski definition) is 4. The molecule has 4 rings (SSSR count). The van der Waals surface area contributed by atoms with E-state index in [0.717, 1.165) is 11.1 Å². The fourth-order valence-electron chi connectivity index (χ4n) is 3.09. The maximum absolute atomic E-state index is 13.1. The second kappa shape index (κ2) is 8.19. The molecule has 2 aromatic carbocycles. The van der Waals surface area contributed by atoms with Gasteiger partial charge in [0.05, 0.1) is 11.7 Å². The number of thiophene rings is 1. The van der Waals surface area contributed by atoms with E-state index in [-0.39, 0.29) is 18.0 Å². The molecular formula is C22H19N3O2S. The summed E-state index contributed by atoms with van der Waals surface area (Å²) in [4.78, 5) is 32.5. The van der Waals surface area contributed by atoms with Crippen LogP contribution in [0.5, 0.6) is 0 Å². The Kier molecular flexibility index (Phi) is 5.30. The fraction of sp³-hybridized carbons (Fsp3) is 0.136. The standard InChI is InChI=1S/C22H19N3O2S/c26-20(15-25-16-23-21-19(22(25)27)11-12-28-21)24(13-17-7-3-1-4-8-17)14-18-9-5-2-6-10-18/h1-12,16H,13-15H2. The van der Waals surface area contributed by atoms with Gasteiger partial charge < -0.3 is 4.90 Å². The van der Waals surface area contributed by atoms with Gasteiger partial charge in [0, 0.05) is 13.1 Å². The lowest BCUT2D eigenvalue weighted by molar-refractivity contribution is -0.133. The minimum absolute atomic E-state index is 0.0305. The van der Waals surface area contributed by atoms with Crippen LogP contribution in [-0.4, -0.2) is 20.4 Å². The van der Waals surface area contributed by atoms with Crippen molar-refractivity contribution in [3.63, 3.8) is 0 Å². The molecule has 0 spiro atoms. The van der Waals surface area contributed by atoms with Crippen LogP contribution < -0.4 is 5.56 Å². The maximum Gasteiger partial charge on any atom is 0.262 e. The van der Waals surface area contributed by atoms with Crippen LogP contribution in [0.2, 0.25) is 0 Å². The van der Waals surface area contributed by atoms with E-state index < -0.39 is 0 Å². The Bertz CT molecular complexity index is 1100. The molecule has 0 saturated heterocycles. The molecular weight excluding hydrogens is 370 g/mol. The summed E-state index contributed by atoms with van der Waals surface area (Å²) in [5.74, 6) is -0.119. The highest BCUT2D eigenvalue weighted by Gasteiger charge is 2.17. The minimum Gasteiger partial charge on any atom is -0.332 e. The molecule has 6 heteroatoms. The summed E-state index contributed by atoms with van der Waals surface area (Å²) in [5.41, 5.74) is 1.91. The van der Waals surface area contributed by atoms with Crippen molar-refractivity contribution in [2.24, 2.45) is 0 Å². The number of fused-ring (bicyclic) bond motifs is 1. The van der Waals surface area contributed by atoms with Gasteiger partial charge in [0.2, 0.25) is 5.91 Å². The monoisotopic (exact) mass is 389 g/mol. The first-order valence-corrected chi connectivity index (χ1v) is 9.87. The first-order valence-electron chi connectivity index (χ1n) is 8.99. The topological polar surface area (TPSA) is 55.2 Å². The number of aromatic nitrogens is 2. The van der Waals surface area contributed by atoms with Crippen molar-refractivity contribution in [2.45, 2.75) is 19.6 Å². The average molecular weight is 389 g/mol. The molecule has 2 aromatic heterocycles. The quantitative estimate of drug-likeness (QED) is 0.505. The van der Waals surface area contributed by atoms with Crippen LogP contribution in [0.15, 0.2) is 83.2 Å². The third-order valence-corrected chi connectivity index (χ3v) is 5.36. The van der Waals surface area contributed by atoms with Gasteiger partial charge in [-0.2, -0.15) is 0 Å². The number of hydrogen-bond donors (Lipinski definition) is 0. The Morgan fingerprint density at radius 1 is 0.929 bits per heavy atom. The van der Waals surface area contributed by atoms with Crippen molar-refractivity contribution in [3.8, 4) is 0 Å². The van der Waals surface area contributed by atoms with Gasteiger partial charge in [-0.1, -0.05) is 60.7 Å². The van der Waals surface area contributed by atoms with Crippen LogP contribution in [0.1, 0.15) is 11.1 Å². The van der Waals surface area contributed by atoms with Crippen LogP contribution in [0.4, 0.5) is 0 Å². The van der Waals surface area contributed by atoms with E-state index in [1.165, 1.54) is 22.2 Å². The molecule has 0 radical (unpaired) electrons. The van der Waals surface area contributed by atoms with Gasteiger partial charge in [0.25, 0.3) is 5.56 Å².